The van der Waals surface area contributed by atoms with E-state index >= 15 is 0 Å². The molecule has 0 radical (unpaired) electrons. The van der Waals surface area contributed by atoms with Crippen molar-refractivity contribution in [3.05, 3.63) is 27.7 Å². The highest BCUT2D eigenvalue weighted by atomic mass is 79.9. The Morgan fingerprint density at radius 3 is 2.69 bits per heavy atom. The lowest BCUT2D eigenvalue weighted by Gasteiger charge is -2.04. The molecule has 70 valence electrons. The van der Waals surface area contributed by atoms with E-state index < -0.39 is 0 Å². The van der Waals surface area contributed by atoms with Crippen molar-refractivity contribution >= 4 is 37.6 Å². The average Bonchev–Trinajstić information content (AvgIpc) is 2.10. The molecule has 0 spiro atoms. The highest BCUT2D eigenvalue weighted by Gasteiger charge is 2.11. The molecule has 0 saturated carbocycles. The Morgan fingerprint density at radius 2 is 2.15 bits per heavy atom. The second kappa shape index (κ2) is 4.24. The molecule has 0 aliphatic rings. The predicted molar refractivity (Wildman–Crippen MR) is 58.7 cm³/mol. The van der Waals surface area contributed by atoms with Crippen LogP contribution in [0.1, 0.15) is 15.9 Å². The average molecular weight is 308 g/mol. The van der Waals surface area contributed by atoms with Crippen molar-refractivity contribution in [3.8, 4) is 5.75 Å². The molecule has 0 aliphatic carbocycles. The van der Waals surface area contributed by atoms with Gasteiger partial charge in [-0.05, 0) is 24.6 Å². The molecule has 0 saturated heterocycles. The van der Waals surface area contributed by atoms with Gasteiger partial charge in [0.05, 0.1) is 10.9 Å². The lowest BCUT2D eigenvalue weighted by Crippen LogP contribution is -2.00. The van der Waals surface area contributed by atoms with Gasteiger partial charge in [-0.2, -0.15) is 0 Å². The number of halogens is 2. The molecule has 0 unspecified atom stereocenters. The zero-order valence-electron chi connectivity index (χ0n) is 6.97. The Kier molecular flexibility index (Phi) is 3.50. The van der Waals surface area contributed by atoms with Crippen LogP contribution in [0.2, 0.25) is 0 Å². The number of phenols is 1. The normalized spacial score (nSPS) is 10.1. The lowest BCUT2D eigenvalue weighted by atomic mass is 10.1. The summed E-state index contributed by atoms with van der Waals surface area (Å²) in [6, 6.07) is 3.20. The second-order valence-corrected chi connectivity index (χ2v) is 4.09. The van der Waals surface area contributed by atoms with E-state index in [1.807, 2.05) is 6.92 Å². The van der Waals surface area contributed by atoms with Crippen LogP contribution in [0.4, 0.5) is 0 Å². The fraction of sp³-hybridized carbons (Fsp3) is 0.222. The summed E-state index contributed by atoms with van der Waals surface area (Å²) >= 11 is 6.32. The molecule has 1 aromatic rings. The summed E-state index contributed by atoms with van der Waals surface area (Å²) in [7, 11) is 0. The molecule has 2 nitrogen and oxygen atoms in total. The third kappa shape index (κ3) is 2.31. The number of aryl methyl sites for hydroxylation is 1. The molecule has 1 N–H and O–H groups in total. The van der Waals surface area contributed by atoms with Crippen LogP contribution in [-0.4, -0.2) is 16.2 Å². The number of carbonyl (C=O) groups excluding carboxylic acids is 1. The van der Waals surface area contributed by atoms with E-state index in [0.717, 1.165) is 10.0 Å². The molecular formula is C9H8Br2O2. The molecule has 0 heterocycles. The smallest absolute Gasteiger partial charge is 0.177 e. The van der Waals surface area contributed by atoms with Crippen LogP contribution in [-0.2, 0) is 0 Å². The van der Waals surface area contributed by atoms with Crippen molar-refractivity contribution in [1.82, 2.24) is 0 Å². The summed E-state index contributed by atoms with van der Waals surface area (Å²) in [6.07, 6.45) is 0. The molecule has 0 fully saturated rings. The van der Waals surface area contributed by atoms with Gasteiger partial charge >= 0.3 is 0 Å². The summed E-state index contributed by atoms with van der Waals surface area (Å²) in [6.45, 7) is 1.87. The number of rotatable bonds is 2. The van der Waals surface area contributed by atoms with Crippen LogP contribution < -0.4 is 0 Å². The van der Waals surface area contributed by atoms with E-state index in [9.17, 15) is 9.90 Å². The van der Waals surface area contributed by atoms with Gasteiger partial charge in [0.2, 0.25) is 0 Å². The van der Waals surface area contributed by atoms with Crippen LogP contribution in [0.3, 0.4) is 0 Å². The fourth-order valence-corrected chi connectivity index (χ4v) is 1.60. The number of hydrogen-bond donors (Lipinski definition) is 1. The molecule has 0 aromatic heterocycles. The van der Waals surface area contributed by atoms with Crippen molar-refractivity contribution < 1.29 is 9.90 Å². The molecule has 4 heteroatoms. The minimum atomic E-state index is -0.117. The van der Waals surface area contributed by atoms with Gasteiger partial charge in [0.1, 0.15) is 5.75 Å². The maximum Gasteiger partial charge on any atom is 0.177 e. The monoisotopic (exact) mass is 306 g/mol. The third-order valence-electron chi connectivity index (χ3n) is 1.70. The van der Waals surface area contributed by atoms with Crippen molar-refractivity contribution in [2.45, 2.75) is 6.92 Å². The van der Waals surface area contributed by atoms with Gasteiger partial charge in [0.15, 0.2) is 5.78 Å². The first kappa shape index (κ1) is 10.7. The third-order valence-corrected chi connectivity index (χ3v) is 3.06. The molecule has 13 heavy (non-hydrogen) atoms. The van der Waals surface area contributed by atoms with Crippen LogP contribution in [0.15, 0.2) is 16.6 Å². The van der Waals surface area contributed by atoms with Gasteiger partial charge in [-0.25, -0.2) is 0 Å². The Labute approximate surface area is 93.2 Å². The molecule has 1 aromatic carbocycles. The topological polar surface area (TPSA) is 37.3 Å². The minimum absolute atomic E-state index is 0.0157. The van der Waals surface area contributed by atoms with Gasteiger partial charge < -0.3 is 5.11 Å². The van der Waals surface area contributed by atoms with Crippen LogP contribution in [0.5, 0.6) is 5.75 Å². The number of carbonyl (C=O) groups is 1. The first-order valence-corrected chi connectivity index (χ1v) is 5.56. The second-order valence-electron chi connectivity index (χ2n) is 2.68. The quantitative estimate of drug-likeness (QED) is 0.673. The van der Waals surface area contributed by atoms with Gasteiger partial charge in [-0.15, -0.1) is 0 Å². The molecule has 0 amide bonds. The van der Waals surface area contributed by atoms with E-state index in [2.05, 4.69) is 31.9 Å². The van der Waals surface area contributed by atoms with Crippen molar-refractivity contribution in [2.75, 3.05) is 5.33 Å². The Hall–Kier alpha value is -0.350. The molecule has 0 bridgehead atoms. The van der Waals surface area contributed by atoms with E-state index in [-0.39, 0.29) is 16.9 Å². The number of hydrogen-bond acceptors (Lipinski definition) is 2. The van der Waals surface area contributed by atoms with Crippen molar-refractivity contribution in [1.29, 1.82) is 0 Å². The molecular weight excluding hydrogens is 300 g/mol. The summed E-state index contributed by atoms with van der Waals surface area (Å²) in [5, 5.41) is 9.67. The first-order chi connectivity index (χ1) is 6.06. The zero-order valence-corrected chi connectivity index (χ0v) is 10.1. The number of Topliss-reactive ketones (excluding diaryl/α,β-unsaturated/α-hetero) is 1. The van der Waals surface area contributed by atoms with E-state index in [0.29, 0.717) is 5.56 Å². The van der Waals surface area contributed by atoms with Crippen LogP contribution in [0.25, 0.3) is 0 Å². The molecule has 0 atom stereocenters. The van der Waals surface area contributed by atoms with Gasteiger partial charge in [-0.3, -0.25) is 4.79 Å². The van der Waals surface area contributed by atoms with E-state index in [1.165, 1.54) is 6.07 Å². The largest absolute Gasteiger partial charge is 0.507 e. The van der Waals surface area contributed by atoms with Gasteiger partial charge in [0, 0.05) is 4.47 Å². The van der Waals surface area contributed by atoms with E-state index in [4.69, 9.17) is 0 Å². The number of ketones is 1. The number of benzene rings is 1. The Morgan fingerprint density at radius 1 is 1.54 bits per heavy atom. The maximum atomic E-state index is 11.3. The highest BCUT2D eigenvalue weighted by Crippen LogP contribution is 2.26. The number of aromatic hydroxyl groups is 1. The van der Waals surface area contributed by atoms with Crippen LogP contribution in [0, 0.1) is 6.92 Å². The lowest BCUT2D eigenvalue weighted by molar-refractivity contribution is 0.102. The standard InChI is InChI=1S/C9H8Br2O2/c1-5-2-6(9(13)4-10)8(12)3-7(5)11/h2-3,12H,4H2,1H3. The predicted octanol–water partition coefficient (Wildman–Crippen LogP) is 3.04. The molecule has 0 aliphatic heterocycles. The minimum Gasteiger partial charge on any atom is -0.507 e. The summed E-state index contributed by atoms with van der Waals surface area (Å²) in [5.41, 5.74) is 1.29. The SMILES string of the molecule is Cc1cc(C(=O)CBr)c(O)cc1Br. The van der Waals surface area contributed by atoms with Crippen molar-refractivity contribution in [3.63, 3.8) is 0 Å². The summed E-state index contributed by atoms with van der Waals surface area (Å²) in [4.78, 5) is 11.3. The Bertz CT molecular complexity index is 348. The van der Waals surface area contributed by atoms with E-state index in [1.54, 1.807) is 6.07 Å². The summed E-state index contributed by atoms with van der Waals surface area (Å²) in [5.74, 6) is -0.102. The molecule has 1 rings (SSSR count). The Balaban J connectivity index is 3.23. The van der Waals surface area contributed by atoms with Gasteiger partial charge in [-0.1, -0.05) is 31.9 Å². The fourth-order valence-electron chi connectivity index (χ4n) is 0.966. The number of alkyl halides is 1. The first-order valence-electron chi connectivity index (χ1n) is 3.64. The highest BCUT2D eigenvalue weighted by molar-refractivity contribution is 9.10. The maximum absolute atomic E-state index is 11.3. The van der Waals surface area contributed by atoms with Crippen LogP contribution >= 0.6 is 31.9 Å². The van der Waals surface area contributed by atoms with Crippen molar-refractivity contribution in [2.24, 2.45) is 0 Å². The number of phenolic OH excluding ortho intramolecular Hbond substituents is 1. The zero-order chi connectivity index (χ0) is 10.0. The summed E-state index contributed by atoms with van der Waals surface area (Å²) < 4.78 is 0.802. The van der Waals surface area contributed by atoms with Gasteiger partial charge in [0.25, 0.3) is 0 Å².